The largest absolute Gasteiger partial charge is 0.367 e. The molecule has 0 aromatic heterocycles. The van der Waals surface area contributed by atoms with Gasteiger partial charge in [-0.1, -0.05) is 0 Å². The van der Waals surface area contributed by atoms with E-state index >= 15 is 0 Å². The SMILES string of the molecule is CC1(O)N=CNC1(C)O.Cl. The molecule has 2 atom stereocenters. The maximum atomic E-state index is 9.24. The molecule has 4 nitrogen and oxygen atoms in total. The van der Waals surface area contributed by atoms with Gasteiger partial charge in [-0.25, -0.2) is 4.99 Å². The predicted octanol–water partition coefficient (Wildman–Crippen LogP) is -0.543. The van der Waals surface area contributed by atoms with Gasteiger partial charge in [0.1, 0.15) is 0 Å². The van der Waals surface area contributed by atoms with E-state index in [0.29, 0.717) is 0 Å². The lowest BCUT2D eigenvalue weighted by Gasteiger charge is -2.28. The zero-order chi connectivity index (χ0) is 7.12. The lowest BCUT2D eigenvalue weighted by Crippen LogP contribution is -2.53. The number of rotatable bonds is 0. The van der Waals surface area contributed by atoms with Gasteiger partial charge in [-0.2, -0.15) is 0 Å². The standard InChI is InChI=1S/C5H10N2O2.ClH/c1-4(8)5(2,9)7-3-6-4;/h3,8-9H,1-2H3,(H,6,7);1H. The topological polar surface area (TPSA) is 64.9 Å². The van der Waals surface area contributed by atoms with Gasteiger partial charge >= 0.3 is 0 Å². The van der Waals surface area contributed by atoms with E-state index < -0.39 is 11.4 Å². The summed E-state index contributed by atoms with van der Waals surface area (Å²) < 4.78 is 0. The minimum atomic E-state index is -1.40. The smallest absolute Gasteiger partial charge is 0.202 e. The second-order valence-corrected chi connectivity index (χ2v) is 2.50. The molecule has 10 heavy (non-hydrogen) atoms. The number of aliphatic hydroxyl groups is 2. The molecule has 1 rings (SSSR count). The molecular weight excluding hydrogens is 156 g/mol. The molecule has 0 radical (unpaired) electrons. The molecule has 0 amide bonds. The number of aliphatic imine (C=N–C) groups is 1. The van der Waals surface area contributed by atoms with E-state index in [1.54, 1.807) is 0 Å². The molecule has 1 aliphatic rings. The Hall–Kier alpha value is -0.320. The second-order valence-electron chi connectivity index (χ2n) is 2.50. The highest BCUT2D eigenvalue weighted by Crippen LogP contribution is 2.22. The predicted molar refractivity (Wildman–Crippen MR) is 40.1 cm³/mol. The molecular formula is C5H11ClN2O2. The lowest BCUT2D eigenvalue weighted by molar-refractivity contribution is -0.122. The molecule has 0 aromatic rings. The third-order valence-corrected chi connectivity index (χ3v) is 1.58. The number of halogens is 1. The van der Waals surface area contributed by atoms with Gasteiger partial charge in [0.05, 0.1) is 6.34 Å². The molecule has 1 heterocycles. The average Bonchev–Trinajstić information content (AvgIpc) is 1.81. The Morgan fingerprint density at radius 1 is 1.40 bits per heavy atom. The van der Waals surface area contributed by atoms with Gasteiger partial charge in [-0.05, 0) is 13.8 Å². The van der Waals surface area contributed by atoms with Crippen LogP contribution in [0.15, 0.2) is 4.99 Å². The first kappa shape index (κ1) is 9.68. The summed E-state index contributed by atoms with van der Waals surface area (Å²) in [4.78, 5) is 3.59. The molecule has 0 bridgehead atoms. The van der Waals surface area contributed by atoms with Gasteiger partial charge < -0.3 is 15.5 Å². The summed E-state index contributed by atoms with van der Waals surface area (Å²) in [6.45, 7) is 2.89. The normalized spacial score (nSPS) is 44.4. The lowest BCUT2D eigenvalue weighted by atomic mass is 10.1. The summed E-state index contributed by atoms with van der Waals surface area (Å²) in [5.41, 5.74) is -2.72. The van der Waals surface area contributed by atoms with Crippen LogP contribution in [-0.4, -0.2) is 28.0 Å². The van der Waals surface area contributed by atoms with Crippen LogP contribution in [0.5, 0.6) is 0 Å². The zero-order valence-corrected chi connectivity index (χ0v) is 6.64. The van der Waals surface area contributed by atoms with Crippen LogP contribution in [0.25, 0.3) is 0 Å². The fourth-order valence-electron chi connectivity index (χ4n) is 0.546. The summed E-state index contributed by atoms with van der Waals surface area (Å²) >= 11 is 0. The fraction of sp³-hybridized carbons (Fsp3) is 0.800. The van der Waals surface area contributed by atoms with Crippen molar-refractivity contribution in [2.24, 2.45) is 4.99 Å². The monoisotopic (exact) mass is 166 g/mol. The van der Waals surface area contributed by atoms with Crippen molar-refractivity contribution in [1.29, 1.82) is 0 Å². The van der Waals surface area contributed by atoms with Gasteiger partial charge in [-0.3, -0.25) is 0 Å². The number of hydrogen-bond acceptors (Lipinski definition) is 4. The van der Waals surface area contributed by atoms with Crippen LogP contribution in [0.4, 0.5) is 0 Å². The van der Waals surface area contributed by atoms with E-state index in [9.17, 15) is 10.2 Å². The third kappa shape index (κ3) is 1.23. The summed E-state index contributed by atoms with van der Waals surface area (Å²) in [6, 6.07) is 0. The highest BCUT2D eigenvalue weighted by atomic mass is 35.5. The first-order valence-electron chi connectivity index (χ1n) is 2.72. The van der Waals surface area contributed by atoms with E-state index in [1.807, 2.05) is 0 Å². The number of hydrogen-bond donors (Lipinski definition) is 3. The van der Waals surface area contributed by atoms with Crippen molar-refractivity contribution in [2.75, 3.05) is 0 Å². The number of nitrogens with zero attached hydrogens (tertiary/aromatic N) is 1. The maximum Gasteiger partial charge on any atom is 0.202 e. The van der Waals surface area contributed by atoms with E-state index in [0.717, 1.165) is 0 Å². The molecule has 0 aliphatic carbocycles. The Bertz CT molecular complexity index is 156. The second kappa shape index (κ2) is 2.38. The van der Waals surface area contributed by atoms with Crippen molar-refractivity contribution < 1.29 is 10.2 Å². The van der Waals surface area contributed by atoms with Gasteiger partial charge in [0.2, 0.25) is 5.72 Å². The van der Waals surface area contributed by atoms with Crippen molar-refractivity contribution in [3.8, 4) is 0 Å². The van der Waals surface area contributed by atoms with Gasteiger partial charge in [0.15, 0.2) is 5.72 Å². The van der Waals surface area contributed by atoms with Crippen LogP contribution in [-0.2, 0) is 0 Å². The summed E-state index contributed by atoms with van der Waals surface area (Å²) in [5, 5.41) is 20.9. The van der Waals surface area contributed by atoms with Crippen molar-refractivity contribution in [3.63, 3.8) is 0 Å². The fourth-order valence-corrected chi connectivity index (χ4v) is 0.546. The maximum absolute atomic E-state index is 9.24. The molecule has 5 heteroatoms. The molecule has 3 N–H and O–H groups in total. The van der Waals surface area contributed by atoms with E-state index in [-0.39, 0.29) is 12.4 Å². The summed E-state index contributed by atoms with van der Waals surface area (Å²) in [7, 11) is 0. The Labute approximate surface area is 65.4 Å². The van der Waals surface area contributed by atoms with Gasteiger partial charge in [-0.15, -0.1) is 12.4 Å². The highest BCUT2D eigenvalue weighted by molar-refractivity contribution is 5.85. The average molecular weight is 167 g/mol. The molecule has 2 unspecified atom stereocenters. The highest BCUT2D eigenvalue weighted by Gasteiger charge is 2.44. The molecule has 0 spiro atoms. The Kier molecular flexibility index (Phi) is 2.30. The van der Waals surface area contributed by atoms with Crippen LogP contribution in [0, 0.1) is 0 Å². The van der Waals surface area contributed by atoms with Gasteiger partial charge in [0, 0.05) is 0 Å². The van der Waals surface area contributed by atoms with Gasteiger partial charge in [0.25, 0.3) is 0 Å². The molecule has 60 valence electrons. The molecule has 0 saturated carbocycles. The van der Waals surface area contributed by atoms with Crippen molar-refractivity contribution in [1.82, 2.24) is 5.32 Å². The van der Waals surface area contributed by atoms with Crippen LogP contribution in [0.3, 0.4) is 0 Å². The first-order chi connectivity index (χ1) is 3.96. The van der Waals surface area contributed by atoms with Crippen molar-refractivity contribution in [3.05, 3.63) is 0 Å². The minimum absolute atomic E-state index is 0. The summed E-state index contributed by atoms with van der Waals surface area (Å²) in [5.74, 6) is 0. The van der Waals surface area contributed by atoms with E-state index in [4.69, 9.17) is 0 Å². The number of nitrogens with one attached hydrogen (secondary N) is 1. The van der Waals surface area contributed by atoms with Crippen LogP contribution < -0.4 is 5.32 Å². The molecule has 0 saturated heterocycles. The van der Waals surface area contributed by atoms with Crippen LogP contribution in [0.1, 0.15) is 13.8 Å². The zero-order valence-electron chi connectivity index (χ0n) is 5.83. The quantitative estimate of drug-likeness (QED) is 0.453. The van der Waals surface area contributed by atoms with Crippen LogP contribution >= 0.6 is 12.4 Å². The van der Waals surface area contributed by atoms with E-state index in [2.05, 4.69) is 10.3 Å². The molecule has 0 fully saturated rings. The minimum Gasteiger partial charge on any atom is -0.367 e. The third-order valence-electron chi connectivity index (χ3n) is 1.58. The Morgan fingerprint density at radius 3 is 2.00 bits per heavy atom. The van der Waals surface area contributed by atoms with Crippen LogP contribution in [0.2, 0.25) is 0 Å². The molecule has 0 aromatic carbocycles. The van der Waals surface area contributed by atoms with Crippen molar-refractivity contribution >= 4 is 18.7 Å². The van der Waals surface area contributed by atoms with Crippen molar-refractivity contribution in [2.45, 2.75) is 25.3 Å². The Morgan fingerprint density at radius 2 is 1.90 bits per heavy atom. The Balaban J connectivity index is 0.000000810. The summed E-state index contributed by atoms with van der Waals surface area (Å²) in [6.07, 6.45) is 1.29. The molecule has 1 aliphatic heterocycles. The van der Waals surface area contributed by atoms with E-state index in [1.165, 1.54) is 20.2 Å². The first-order valence-corrected chi connectivity index (χ1v) is 2.72.